The minimum Gasteiger partial charge on any atom is -0.368 e. The van der Waals surface area contributed by atoms with Crippen LogP contribution in [0.3, 0.4) is 0 Å². The molecule has 0 radical (unpaired) electrons. The second-order valence-corrected chi connectivity index (χ2v) is 4.68. The SMILES string of the molecule is CCCCN(CC(N)=O)c1nc(Cl)nc(N(C)C)n1. The van der Waals surface area contributed by atoms with Gasteiger partial charge in [0.2, 0.25) is 23.1 Å². The van der Waals surface area contributed by atoms with E-state index >= 15 is 0 Å². The van der Waals surface area contributed by atoms with Crippen LogP contribution in [0.4, 0.5) is 11.9 Å². The summed E-state index contributed by atoms with van der Waals surface area (Å²) in [7, 11) is 3.61. The number of amides is 1. The predicted octanol–water partition coefficient (Wildman–Crippen LogP) is 0.683. The molecule has 0 bridgehead atoms. The Hall–Kier alpha value is -1.63. The number of nitrogens with zero attached hydrogens (tertiary/aromatic N) is 5. The van der Waals surface area contributed by atoms with Gasteiger partial charge in [-0.2, -0.15) is 15.0 Å². The van der Waals surface area contributed by atoms with Gasteiger partial charge in [-0.05, 0) is 18.0 Å². The van der Waals surface area contributed by atoms with E-state index in [1.54, 1.807) is 23.9 Å². The molecule has 0 spiro atoms. The van der Waals surface area contributed by atoms with Crippen LogP contribution in [0.15, 0.2) is 0 Å². The van der Waals surface area contributed by atoms with Crippen LogP contribution < -0.4 is 15.5 Å². The van der Waals surface area contributed by atoms with Crippen LogP contribution in [0.1, 0.15) is 19.8 Å². The number of hydrogen-bond donors (Lipinski definition) is 1. The highest BCUT2D eigenvalue weighted by Crippen LogP contribution is 2.15. The molecule has 0 aliphatic carbocycles. The van der Waals surface area contributed by atoms with Gasteiger partial charge in [0.05, 0.1) is 6.54 Å². The number of primary amides is 1. The Labute approximate surface area is 117 Å². The Kier molecular flexibility index (Phi) is 5.75. The lowest BCUT2D eigenvalue weighted by Crippen LogP contribution is -2.36. The van der Waals surface area contributed by atoms with Gasteiger partial charge in [-0.3, -0.25) is 4.79 Å². The lowest BCUT2D eigenvalue weighted by atomic mass is 10.3. The zero-order valence-electron chi connectivity index (χ0n) is 11.4. The summed E-state index contributed by atoms with van der Waals surface area (Å²) in [4.78, 5) is 26.9. The maximum absolute atomic E-state index is 11.1. The molecule has 8 heteroatoms. The maximum Gasteiger partial charge on any atom is 0.237 e. The second kappa shape index (κ2) is 7.08. The first-order valence-corrected chi connectivity index (χ1v) is 6.44. The number of halogens is 1. The molecule has 0 aliphatic rings. The Morgan fingerprint density at radius 3 is 2.42 bits per heavy atom. The van der Waals surface area contributed by atoms with Gasteiger partial charge in [-0.15, -0.1) is 0 Å². The smallest absolute Gasteiger partial charge is 0.237 e. The lowest BCUT2D eigenvalue weighted by molar-refractivity contribution is -0.116. The average Bonchev–Trinajstić information content (AvgIpc) is 2.33. The van der Waals surface area contributed by atoms with E-state index in [0.717, 1.165) is 12.8 Å². The highest BCUT2D eigenvalue weighted by molar-refractivity contribution is 6.28. The number of nitrogens with two attached hydrogens (primary N) is 1. The molecule has 0 saturated heterocycles. The maximum atomic E-state index is 11.1. The lowest BCUT2D eigenvalue weighted by Gasteiger charge is -2.22. The molecule has 0 saturated carbocycles. The minimum absolute atomic E-state index is 0.0627. The molecule has 19 heavy (non-hydrogen) atoms. The van der Waals surface area contributed by atoms with E-state index in [2.05, 4.69) is 21.9 Å². The molecule has 0 aromatic carbocycles. The number of carbonyl (C=O) groups excluding carboxylic acids is 1. The second-order valence-electron chi connectivity index (χ2n) is 4.34. The van der Waals surface area contributed by atoms with Crippen LogP contribution in [0, 0.1) is 0 Å². The fourth-order valence-electron chi connectivity index (χ4n) is 1.46. The van der Waals surface area contributed by atoms with Crippen LogP contribution >= 0.6 is 11.6 Å². The number of aromatic nitrogens is 3. The molecule has 2 N–H and O–H groups in total. The summed E-state index contributed by atoms with van der Waals surface area (Å²) in [6.07, 6.45) is 1.91. The first kappa shape index (κ1) is 15.4. The molecular weight excluding hydrogens is 268 g/mol. The molecule has 1 heterocycles. The van der Waals surface area contributed by atoms with Gasteiger partial charge in [-0.1, -0.05) is 13.3 Å². The molecule has 0 fully saturated rings. The minimum atomic E-state index is -0.431. The van der Waals surface area contributed by atoms with Crippen LogP contribution in [0.2, 0.25) is 5.28 Å². The third kappa shape index (κ3) is 4.86. The fraction of sp³-hybridized carbons (Fsp3) is 0.636. The Morgan fingerprint density at radius 2 is 1.89 bits per heavy atom. The molecule has 1 rings (SSSR count). The van der Waals surface area contributed by atoms with E-state index in [9.17, 15) is 4.79 Å². The van der Waals surface area contributed by atoms with E-state index in [0.29, 0.717) is 18.4 Å². The van der Waals surface area contributed by atoms with Crippen molar-refractivity contribution in [2.45, 2.75) is 19.8 Å². The number of unbranched alkanes of at least 4 members (excludes halogenated alkanes) is 1. The van der Waals surface area contributed by atoms with E-state index < -0.39 is 5.91 Å². The third-order valence-electron chi connectivity index (χ3n) is 2.40. The van der Waals surface area contributed by atoms with Gasteiger partial charge < -0.3 is 15.5 Å². The van der Waals surface area contributed by atoms with Crippen LogP contribution in [0.5, 0.6) is 0 Å². The van der Waals surface area contributed by atoms with E-state index in [-0.39, 0.29) is 11.8 Å². The number of rotatable bonds is 7. The molecule has 1 amide bonds. The molecule has 0 unspecified atom stereocenters. The number of carbonyl (C=O) groups is 1. The van der Waals surface area contributed by atoms with Crippen LogP contribution in [-0.2, 0) is 4.79 Å². The van der Waals surface area contributed by atoms with Crippen molar-refractivity contribution >= 4 is 29.4 Å². The monoisotopic (exact) mass is 286 g/mol. The molecule has 7 nitrogen and oxygen atoms in total. The highest BCUT2D eigenvalue weighted by atomic mass is 35.5. The third-order valence-corrected chi connectivity index (χ3v) is 2.56. The van der Waals surface area contributed by atoms with Gasteiger partial charge in [0.15, 0.2) is 0 Å². The largest absolute Gasteiger partial charge is 0.368 e. The average molecular weight is 287 g/mol. The van der Waals surface area contributed by atoms with Crippen molar-refractivity contribution in [3.05, 3.63) is 5.28 Å². The van der Waals surface area contributed by atoms with Crippen molar-refractivity contribution in [3.8, 4) is 0 Å². The quantitative estimate of drug-likeness (QED) is 0.793. The van der Waals surface area contributed by atoms with E-state index in [1.807, 2.05) is 0 Å². The van der Waals surface area contributed by atoms with Crippen molar-refractivity contribution < 1.29 is 4.79 Å². The van der Waals surface area contributed by atoms with Gasteiger partial charge >= 0.3 is 0 Å². The Balaban J connectivity index is 3.02. The first-order valence-electron chi connectivity index (χ1n) is 6.06. The van der Waals surface area contributed by atoms with Gasteiger partial charge in [0.1, 0.15) is 0 Å². The summed E-state index contributed by atoms with van der Waals surface area (Å²) in [6.45, 7) is 2.77. The zero-order chi connectivity index (χ0) is 14.4. The molecule has 1 aromatic heterocycles. The topological polar surface area (TPSA) is 88.2 Å². The molecule has 106 valence electrons. The van der Waals surface area contributed by atoms with Crippen molar-refractivity contribution in [3.63, 3.8) is 0 Å². The summed E-state index contributed by atoms with van der Waals surface area (Å²) >= 11 is 5.88. The van der Waals surface area contributed by atoms with Crippen LogP contribution in [-0.4, -0.2) is 48.0 Å². The summed E-state index contributed by atoms with van der Waals surface area (Å²) in [5.41, 5.74) is 5.24. The van der Waals surface area contributed by atoms with Crippen molar-refractivity contribution in [2.24, 2.45) is 5.73 Å². The first-order chi connectivity index (χ1) is 8.93. The van der Waals surface area contributed by atoms with Crippen molar-refractivity contribution in [1.82, 2.24) is 15.0 Å². The summed E-state index contributed by atoms with van der Waals surface area (Å²) < 4.78 is 0. The standard InChI is InChI=1S/C11H19ClN6O/c1-4-5-6-18(7-8(13)19)11-15-9(12)14-10(16-11)17(2)3/h4-7H2,1-3H3,(H2,13,19). The number of anilines is 2. The van der Waals surface area contributed by atoms with Crippen LogP contribution in [0.25, 0.3) is 0 Å². The summed E-state index contributed by atoms with van der Waals surface area (Å²) in [5, 5.41) is 0.0969. The summed E-state index contributed by atoms with van der Waals surface area (Å²) in [5.74, 6) is 0.385. The van der Waals surface area contributed by atoms with Gasteiger partial charge in [0, 0.05) is 20.6 Å². The number of hydrogen-bond acceptors (Lipinski definition) is 6. The predicted molar refractivity (Wildman–Crippen MR) is 75.5 cm³/mol. The Morgan fingerprint density at radius 1 is 1.26 bits per heavy atom. The van der Waals surface area contributed by atoms with Gasteiger partial charge in [0.25, 0.3) is 0 Å². The molecule has 1 aromatic rings. The normalized spacial score (nSPS) is 10.3. The molecule has 0 atom stereocenters. The highest BCUT2D eigenvalue weighted by Gasteiger charge is 2.15. The van der Waals surface area contributed by atoms with Crippen molar-refractivity contribution in [1.29, 1.82) is 0 Å². The molecule has 0 aliphatic heterocycles. The van der Waals surface area contributed by atoms with E-state index in [1.165, 1.54) is 0 Å². The summed E-state index contributed by atoms with van der Waals surface area (Å²) in [6, 6.07) is 0. The Bertz CT molecular complexity index is 439. The zero-order valence-corrected chi connectivity index (χ0v) is 12.2. The molecular formula is C11H19ClN6O. The van der Waals surface area contributed by atoms with E-state index in [4.69, 9.17) is 17.3 Å². The fourth-order valence-corrected chi connectivity index (χ4v) is 1.61. The van der Waals surface area contributed by atoms with Gasteiger partial charge in [-0.25, -0.2) is 0 Å². The van der Waals surface area contributed by atoms with Crippen molar-refractivity contribution in [2.75, 3.05) is 37.0 Å².